The summed E-state index contributed by atoms with van der Waals surface area (Å²) in [5.41, 5.74) is -0.507. The molecule has 1 aliphatic rings. The average molecular weight is 510 g/mol. The second-order valence-electron chi connectivity index (χ2n) is 8.58. The van der Waals surface area contributed by atoms with Crippen LogP contribution in [0.3, 0.4) is 0 Å². The van der Waals surface area contributed by atoms with Crippen LogP contribution in [0.2, 0.25) is 0 Å². The van der Waals surface area contributed by atoms with E-state index in [2.05, 4.69) is 22.5 Å². The van der Waals surface area contributed by atoms with Crippen LogP contribution in [0.25, 0.3) is 0 Å². The second-order valence-corrected chi connectivity index (χ2v) is 9.61. The van der Waals surface area contributed by atoms with Crippen molar-refractivity contribution < 1.29 is 38.5 Å². The molecule has 0 aromatic heterocycles. The number of nitrogens with one attached hydrogen (secondary N) is 3. The van der Waals surface area contributed by atoms with Gasteiger partial charge in [-0.3, -0.25) is 9.59 Å². The number of ether oxygens (including phenoxy) is 3. The lowest BCUT2D eigenvalue weighted by atomic mass is 10.1. The van der Waals surface area contributed by atoms with Gasteiger partial charge in [0.05, 0.1) is 12.7 Å². The highest BCUT2D eigenvalue weighted by atomic mass is 32.2. The molecule has 1 aromatic carbocycles. The summed E-state index contributed by atoms with van der Waals surface area (Å²) in [6.07, 6.45) is 0.596. The van der Waals surface area contributed by atoms with Crippen LogP contribution in [-0.4, -0.2) is 72.7 Å². The fourth-order valence-corrected chi connectivity index (χ4v) is 4.08. The van der Waals surface area contributed by atoms with E-state index in [-0.39, 0.29) is 40.7 Å². The van der Waals surface area contributed by atoms with Gasteiger partial charge in [0, 0.05) is 29.7 Å². The Balaban J connectivity index is 2.39. The average Bonchev–Trinajstić information content (AvgIpc) is 2.77. The van der Waals surface area contributed by atoms with Crippen molar-refractivity contribution in [1.82, 2.24) is 16.0 Å². The van der Waals surface area contributed by atoms with Gasteiger partial charge < -0.3 is 35.3 Å². The maximum Gasteiger partial charge on any atom is 0.408 e. The van der Waals surface area contributed by atoms with Crippen molar-refractivity contribution in [3.8, 4) is 11.5 Å². The zero-order chi connectivity index (χ0) is 26.2. The van der Waals surface area contributed by atoms with Crippen LogP contribution in [-0.2, 0) is 24.8 Å². The van der Waals surface area contributed by atoms with E-state index in [0.717, 1.165) is 0 Å². The summed E-state index contributed by atoms with van der Waals surface area (Å²) >= 11 is 1.21. The van der Waals surface area contributed by atoms with Gasteiger partial charge in [0.15, 0.2) is 0 Å². The smallest absolute Gasteiger partial charge is 0.408 e. The molecule has 0 fully saturated rings. The van der Waals surface area contributed by atoms with Crippen molar-refractivity contribution in [3.05, 3.63) is 35.9 Å². The van der Waals surface area contributed by atoms with Gasteiger partial charge in [-0.05, 0) is 26.8 Å². The maximum atomic E-state index is 13.0. The molecule has 0 saturated heterocycles. The molecule has 1 heterocycles. The summed E-state index contributed by atoms with van der Waals surface area (Å²) in [4.78, 5) is 50.8. The number of aromatic hydroxyl groups is 1. The van der Waals surface area contributed by atoms with Crippen molar-refractivity contribution >= 4 is 35.6 Å². The molecule has 35 heavy (non-hydrogen) atoms. The molecule has 3 amide bonds. The molecule has 11 nitrogen and oxygen atoms in total. The lowest BCUT2D eigenvalue weighted by Crippen LogP contribution is -2.56. The molecule has 4 N–H and O–H groups in total. The van der Waals surface area contributed by atoms with Gasteiger partial charge in [-0.2, -0.15) is 11.8 Å². The third-order valence-electron chi connectivity index (χ3n) is 4.63. The Morgan fingerprint density at radius 1 is 1.34 bits per heavy atom. The highest BCUT2D eigenvalue weighted by Gasteiger charge is 2.31. The first-order valence-corrected chi connectivity index (χ1v) is 11.9. The van der Waals surface area contributed by atoms with Gasteiger partial charge in [0.25, 0.3) is 0 Å². The monoisotopic (exact) mass is 509 g/mol. The van der Waals surface area contributed by atoms with E-state index in [1.54, 1.807) is 20.8 Å². The molecule has 2 atom stereocenters. The van der Waals surface area contributed by atoms with E-state index in [0.29, 0.717) is 0 Å². The van der Waals surface area contributed by atoms with Gasteiger partial charge in [-0.25, -0.2) is 9.59 Å². The Bertz CT molecular complexity index is 976. The first kappa shape index (κ1) is 27.8. The van der Waals surface area contributed by atoms with Crippen molar-refractivity contribution in [2.45, 2.75) is 44.2 Å². The number of methoxy groups -OCH3 is 1. The zero-order valence-electron chi connectivity index (χ0n) is 20.1. The van der Waals surface area contributed by atoms with Gasteiger partial charge in [0.2, 0.25) is 11.8 Å². The number of phenolic OH excluding ortho intramolecular Hbond substituents is 1. The molecule has 12 heteroatoms. The first-order valence-electron chi connectivity index (χ1n) is 10.8. The quantitative estimate of drug-likeness (QED) is 0.342. The molecular weight excluding hydrogens is 478 g/mol. The van der Waals surface area contributed by atoms with Crippen LogP contribution < -0.4 is 20.7 Å². The number of carbonyl (C=O) groups excluding carboxylic acids is 4. The lowest BCUT2D eigenvalue weighted by Gasteiger charge is -2.26. The number of esters is 1. The second kappa shape index (κ2) is 12.3. The van der Waals surface area contributed by atoms with Crippen LogP contribution >= 0.6 is 11.8 Å². The number of hydrogen-bond acceptors (Lipinski definition) is 9. The number of cyclic esters (lactones) is 1. The van der Waals surface area contributed by atoms with E-state index in [1.165, 1.54) is 37.1 Å². The largest absolute Gasteiger partial charge is 0.507 e. The summed E-state index contributed by atoms with van der Waals surface area (Å²) in [5, 5.41) is 18.1. The van der Waals surface area contributed by atoms with Crippen LogP contribution in [0.5, 0.6) is 11.5 Å². The van der Waals surface area contributed by atoms with E-state index in [4.69, 9.17) is 14.2 Å². The molecule has 0 aliphatic carbocycles. The van der Waals surface area contributed by atoms with Crippen LogP contribution in [0.15, 0.2) is 24.8 Å². The SMILES string of the molecule is C=CCNC(=O)[C@@H]1CSCc2c(O)cc(OC)cc2C(=O)OC[C@H](NC(=O)OC(C)(C)C)C(=O)N1. The van der Waals surface area contributed by atoms with Crippen molar-refractivity contribution in [1.29, 1.82) is 0 Å². The molecule has 1 aliphatic heterocycles. The number of hydrogen-bond donors (Lipinski definition) is 4. The Kier molecular flexibility index (Phi) is 9.81. The third-order valence-corrected chi connectivity index (χ3v) is 5.69. The van der Waals surface area contributed by atoms with E-state index in [1.807, 2.05) is 0 Å². The summed E-state index contributed by atoms with van der Waals surface area (Å²) in [7, 11) is 1.38. The molecule has 2 rings (SSSR count). The van der Waals surface area contributed by atoms with Gasteiger partial charge in [-0.15, -0.1) is 6.58 Å². The summed E-state index contributed by atoms with van der Waals surface area (Å²) < 4.78 is 15.6. The molecule has 0 bridgehead atoms. The predicted molar refractivity (Wildman–Crippen MR) is 129 cm³/mol. The number of amides is 3. The van der Waals surface area contributed by atoms with Crippen molar-refractivity contribution in [3.63, 3.8) is 0 Å². The number of fused-ring (bicyclic) bond motifs is 1. The molecule has 0 unspecified atom stereocenters. The molecular formula is C23H31N3O8S. The number of thioether (sulfide) groups is 1. The van der Waals surface area contributed by atoms with Crippen LogP contribution in [0.4, 0.5) is 4.79 Å². The van der Waals surface area contributed by atoms with E-state index < -0.39 is 48.2 Å². The Morgan fingerprint density at radius 3 is 2.69 bits per heavy atom. The molecule has 1 aromatic rings. The number of carbonyl (C=O) groups is 4. The predicted octanol–water partition coefficient (Wildman–Crippen LogP) is 1.48. The normalized spacial score (nSPS) is 19.0. The number of phenols is 1. The third kappa shape index (κ3) is 8.39. The zero-order valence-corrected chi connectivity index (χ0v) is 21.0. The van der Waals surface area contributed by atoms with Gasteiger partial charge in [-0.1, -0.05) is 6.08 Å². The molecule has 0 spiro atoms. The standard InChI is InChI=1S/C23H31N3O8S/c1-6-7-24-19(28)17-12-35-11-15-14(8-13(32-5)9-18(15)27)21(30)33-10-16(20(29)25-17)26-22(31)34-23(2,3)4/h6,8-9,16-17,27H,1,7,10-12H2,2-5H3,(H,24,28)(H,25,29)(H,26,31)/t16-,17-/m0/s1. The fraction of sp³-hybridized carbons (Fsp3) is 0.478. The highest BCUT2D eigenvalue weighted by molar-refractivity contribution is 7.98. The molecule has 0 saturated carbocycles. The first-order chi connectivity index (χ1) is 16.4. The molecule has 0 radical (unpaired) electrons. The Hall–Kier alpha value is -3.41. The van der Waals surface area contributed by atoms with E-state index >= 15 is 0 Å². The lowest BCUT2D eigenvalue weighted by molar-refractivity contribution is -0.130. The number of benzene rings is 1. The van der Waals surface area contributed by atoms with Gasteiger partial charge in [0.1, 0.15) is 35.8 Å². The Morgan fingerprint density at radius 2 is 2.06 bits per heavy atom. The minimum absolute atomic E-state index is 0.0407. The van der Waals surface area contributed by atoms with E-state index in [9.17, 15) is 24.3 Å². The number of alkyl carbamates (subject to hydrolysis) is 1. The molecule has 192 valence electrons. The van der Waals surface area contributed by atoms with Gasteiger partial charge >= 0.3 is 12.1 Å². The Labute approximate surface area is 207 Å². The minimum Gasteiger partial charge on any atom is -0.507 e. The fourth-order valence-electron chi connectivity index (χ4n) is 2.98. The topological polar surface area (TPSA) is 152 Å². The maximum absolute atomic E-state index is 13.0. The van der Waals surface area contributed by atoms with Crippen LogP contribution in [0, 0.1) is 0 Å². The summed E-state index contributed by atoms with van der Waals surface area (Å²) in [6, 6.07) is 0.445. The highest BCUT2D eigenvalue weighted by Crippen LogP contribution is 2.32. The van der Waals surface area contributed by atoms with Crippen molar-refractivity contribution in [2.75, 3.05) is 26.0 Å². The van der Waals surface area contributed by atoms with Crippen LogP contribution in [0.1, 0.15) is 36.7 Å². The summed E-state index contributed by atoms with van der Waals surface area (Å²) in [5.74, 6) is -1.69. The summed E-state index contributed by atoms with van der Waals surface area (Å²) in [6.45, 7) is 8.16. The van der Waals surface area contributed by atoms with Crippen molar-refractivity contribution in [2.24, 2.45) is 0 Å². The minimum atomic E-state index is -1.35. The number of rotatable bonds is 5.